The SMILES string of the molecule is Cc1ccc(-c2nc3n(n2)[C@@H](CC(=O)Nc2cccc(Cl)c2C)C(=O)N3)cc1. The van der Waals surface area contributed by atoms with Crippen molar-refractivity contribution in [2.24, 2.45) is 0 Å². The van der Waals surface area contributed by atoms with Crippen molar-refractivity contribution in [1.29, 1.82) is 0 Å². The van der Waals surface area contributed by atoms with Crippen LogP contribution < -0.4 is 10.6 Å². The van der Waals surface area contributed by atoms with Crippen LogP contribution in [0, 0.1) is 13.8 Å². The minimum absolute atomic E-state index is 0.0541. The minimum Gasteiger partial charge on any atom is -0.326 e. The summed E-state index contributed by atoms with van der Waals surface area (Å²) in [4.78, 5) is 29.2. The number of hydrogen-bond acceptors (Lipinski definition) is 4. The zero-order valence-electron chi connectivity index (χ0n) is 15.4. The summed E-state index contributed by atoms with van der Waals surface area (Å²) < 4.78 is 1.47. The smallest absolute Gasteiger partial charge is 0.252 e. The molecule has 2 aromatic carbocycles. The second-order valence-corrected chi connectivity index (χ2v) is 7.15. The second-order valence-electron chi connectivity index (χ2n) is 6.74. The summed E-state index contributed by atoms with van der Waals surface area (Å²) in [5, 5.41) is 10.5. The molecule has 7 nitrogen and oxygen atoms in total. The van der Waals surface area contributed by atoms with Gasteiger partial charge in [-0.05, 0) is 31.5 Å². The minimum atomic E-state index is -0.749. The highest BCUT2D eigenvalue weighted by Gasteiger charge is 2.35. The van der Waals surface area contributed by atoms with Gasteiger partial charge in [0.1, 0.15) is 6.04 Å². The van der Waals surface area contributed by atoms with Gasteiger partial charge in [-0.1, -0.05) is 47.5 Å². The Morgan fingerprint density at radius 1 is 1.21 bits per heavy atom. The Hall–Kier alpha value is -3.19. The Labute approximate surface area is 166 Å². The van der Waals surface area contributed by atoms with Crippen LogP contribution in [0.5, 0.6) is 0 Å². The highest BCUT2D eigenvalue weighted by atomic mass is 35.5. The topological polar surface area (TPSA) is 88.9 Å². The lowest BCUT2D eigenvalue weighted by Crippen LogP contribution is -2.24. The van der Waals surface area contributed by atoms with Crippen molar-refractivity contribution in [2.45, 2.75) is 26.3 Å². The first-order valence-corrected chi connectivity index (χ1v) is 9.19. The highest BCUT2D eigenvalue weighted by molar-refractivity contribution is 6.31. The normalized spacial score (nSPS) is 15.2. The molecular formula is C20H18ClN5O2. The number of carbonyl (C=O) groups excluding carboxylic acids is 2. The van der Waals surface area contributed by atoms with Gasteiger partial charge in [0.25, 0.3) is 5.91 Å². The number of anilines is 2. The third-order valence-electron chi connectivity index (χ3n) is 4.69. The fourth-order valence-corrected chi connectivity index (χ4v) is 3.23. The van der Waals surface area contributed by atoms with Crippen molar-refractivity contribution in [3.05, 3.63) is 58.6 Å². The van der Waals surface area contributed by atoms with E-state index in [2.05, 4.69) is 20.7 Å². The molecule has 0 aliphatic carbocycles. The van der Waals surface area contributed by atoms with E-state index in [-0.39, 0.29) is 18.2 Å². The van der Waals surface area contributed by atoms with Gasteiger partial charge in [0.2, 0.25) is 11.9 Å². The van der Waals surface area contributed by atoms with E-state index in [9.17, 15) is 9.59 Å². The van der Waals surface area contributed by atoms with Crippen LogP contribution in [0.1, 0.15) is 23.6 Å². The quantitative estimate of drug-likeness (QED) is 0.704. The van der Waals surface area contributed by atoms with Crippen LogP contribution in [0.4, 0.5) is 11.6 Å². The lowest BCUT2D eigenvalue weighted by atomic mass is 10.1. The molecule has 0 radical (unpaired) electrons. The molecule has 1 aliphatic rings. The van der Waals surface area contributed by atoms with E-state index in [4.69, 9.17) is 11.6 Å². The first-order chi connectivity index (χ1) is 13.4. The summed E-state index contributed by atoms with van der Waals surface area (Å²) in [6.07, 6.45) is -0.0541. The van der Waals surface area contributed by atoms with E-state index in [1.807, 2.05) is 38.1 Å². The van der Waals surface area contributed by atoms with Crippen LogP contribution in [-0.2, 0) is 9.59 Å². The number of rotatable bonds is 4. The predicted octanol–water partition coefficient (Wildman–Crippen LogP) is 3.74. The van der Waals surface area contributed by atoms with Crippen molar-refractivity contribution in [2.75, 3.05) is 10.6 Å². The summed E-state index contributed by atoms with van der Waals surface area (Å²) in [5.41, 5.74) is 3.38. The maximum atomic E-state index is 12.5. The average Bonchev–Trinajstić information content (AvgIpc) is 3.18. The summed E-state index contributed by atoms with van der Waals surface area (Å²) in [7, 11) is 0. The van der Waals surface area contributed by atoms with Gasteiger partial charge in [-0.25, -0.2) is 4.68 Å². The summed E-state index contributed by atoms with van der Waals surface area (Å²) in [6.45, 7) is 3.82. The standard InChI is InChI=1S/C20H18ClN5O2/c1-11-6-8-13(9-7-11)18-23-20-24-19(28)16(26(20)25-18)10-17(27)22-15-5-3-4-14(21)12(15)2/h3-9,16H,10H2,1-2H3,(H,22,27)(H,23,24,25,28)/t16-/m0/s1. The molecule has 8 heteroatoms. The monoisotopic (exact) mass is 395 g/mol. The maximum absolute atomic E-state index is 12.5. The van der Waals surface area contributed by atoms with Crippen molar-refractivity contribution >= 4 is 35.1 Å². The molecule has 1 aromatic heterocycles. The molecule has 2 heterocycles. The van der Waals surface area contributed by atoms with Gasteiger partial charge in [0, 0.05) is 16.3 Å². The Morgan fingerprint density at radius 3 is 2.71 bits per heavy atom. The molecule has 28 heavy (non-hydrogen) atoms. The fraction of sp³-hybridized carbons (Fsp3) is 0.200. The molecule has 0 fully saturated rings. The molecule has 1 atom stereocenters. The molecule has 3 aromatic rings. The largest absolute Gasteiger partial charge is 0.326 e. The Kier molecular flexibility index (Phi) is 4.60. The lowest BCUT2D eigenvalue weighted by molar-refractivity contribution is -0.123. The molecule has 0 unspecified atom stereocenters. The summed E-state index contributed by atoms with van der Waals surface area (Å²) >= 11 is 6.09. The molecule has 142 valence electrons. The van der Waals surface area contributed by atoms with Crippen LogP contribution in [0.3, 0.4) is 0 Å². The lowest BCUT2D eigenvalue weighted by Gasteiger charge is -2.12. The van der Waals surface area contributed by atoms with Gasteiger partial charge in [-0.15, -0.1) is 5.10 Å². The van der Waals surface area contributed by atoms with Crippen LogP contribution >= 0.6 is 11.6 Å². The third-order valence-corrected chi connectivity index (χ3v) is 5.10. The average molecular weight is 396 g/mol. The number of halogens is 1. The van der Waals surface area contributed by atoms with E-state index in [1.165, 1.54) is 4.68 Å². The molecule has 2 N–H and O–H groups in total. The van der Waals surface area contributed by atoms with Crippen LogP contribution in [0.2, 0.25) is 5.02 Å². The zero-order valence-corrected chi connectivity index (χ0v) is 16.1. The van der Waals surface area contributed by atoms with Crippen LogP contribution in [0.25, 0.3) is 11.4 Å². The van der Waals surface area contributed by atoms with Crippen molar-refractivity contribution in [3.8, 4) is 11.4 Å². The van der Waals surface area contributed by atoms with Crippen LogP contribution in [0.15, 0.2) is 42.5 Å². The second kappa shape index (κ2) is 7.09. The van der Waals surface area contributed by atoms with Crippen molar-refractivity contribution in [1.82, 2.24) is 14.8 Å². The first-order valence-electron chi connectivity index (χ1n) is 8.82. The number of benzene rings is 2. The maximum Gasteiger partial charge on any atom is 0.252 e. The number of aromatic nitrogens is 3. The predicted molar refractivity (Wildman–Crippen MR) is 107 cm³/mol. The number of fused-ring (bicyclic) bond motifs is 1. The van der Waals surface area contributed by atoms with E-state index < -0.39 is 6.04 Å². The number of nitrogens with zero attached hydrogens (tertiary/aromatic N) is 3. The third kappa shape index (κ3) is 3.36. The molecule has 0 spiro atoms. The van der Waals surface area contributed by atoms with Gasteiger partial charge in [-0.2, -0.15) is 4.98 Å². The first kappa shape index (κ1) is 18.2. The summed E-state index contributed by atoms with van der Waals surface area (Å²) in [5.74, 6) is 0.248. The Morgan fingerprint density at radius 2 is 1.96 bits per heavy atom. The van der Waals surface area contributed by atoms with Crippen molar-refractivity contribution < 1.29 is 9.59 Å². The molecule has 2 amide bonds. The highest BCUT2D eigenvalue weighted by Crippen LogP contribution is 2.29. The van der Waals surface area contributed by atoms with E-state index in [0.29, 0.717) is 22.5 Å². The van der Waals surface area contributed by atoms with E-state index in [0.717, 1.165) is 16.7 Å². The number of nitrogens with one attached hydrogen (secondary N) is 2. The molecule has 4 rings (SSSR count). The van der Waals surface area contributed by atoms with E-state index in [1.54, 1.807) is 18.2 Å². The number of hydrogen-bond donors (Lipinski definition) is 2. The zero-order chi connectivity index (χ0) is 19.8. The van der Waals surface area contributed by atoms with Gasteiger partial charge >= 0.3 is 0 Å². The van der Waals surface area contributed by atoms with Crippen LogP contribution in [-0.4, -0.2) is 26.6 Å². The van der Waals surface area contributed by atoms with Gasteiger partial charge < -0.3 is 5.32 Å². The van der Waals surface area contributed by atoms with Gasteiger partial charge in [0.05, 0.1) is 6.42 Å². The molecule has 0 bridgehead atoms. The molecule has 0 saturated heterocycles. The van der Waals surface area contributed by atoms with E-state index >= 15 is 0 Å². The van der Waals surface area contributed by atoms with Gasteiger partial charge in [-0.3, -0.25) is 14.9 Å². The summed E-state index contributed by atoms with van der Waals surface area (Å²) in [6, 6.07) is 12.3. The van der Waals surface area contributed by atoms with Gasteiger partial charge in [0.15, 0.2) is 5.82 Å². The molecule has 1 aliphatic heterocycles. The Balaban J connectivity index is 1.53. The molecular weight excluding hydrogens is 378 g/mol. The number of aryl methyl sites for hydroxylation is 1. The fourth-order valence-electron chi connectivity index (χ4n) is 3.05. The Bertz CT molecular complexity index is 1070. The van der Waals surface area contributed by atoms with Crippen molar-refractivity contribution in [3.63, 3.8) is 0 Å². The molecule has 0 saturated carbocycles. The number of carbonyl (C=O) groups is 2. The number of amides is 2.